The lowest BCUT2D eigenvalue weighted by Crippen LogP contribution is -2.34. The van der Waals surface area contributed by atoms with E-state index in [1.54, 1.807) is 18.3 Å². The number of hydrogen-bond acceptors (Lipinski definition) is 5. The van der Waals surface area contributed by atoms with Crippen LogP contribution in [-0.2, 0) is 11.2 Å². The molecule has 178 valence electrons. The van der Waals surface area contributed by atoms with Gasteiger partial charge in [0, 0.05) is 35.5 Å². The maximum Gasteiger partial charge on any atom is 0.493 e. The summed E-state index contributed by atoms with van der Waals surface area (Å²) >= 11 is 3.37. The van der Waals surface area contributed by atoms with Crippen molar-refractivity contribution in [2.45, 2.75) is 19.0 Å². The monoisotopic (exact) mass is 544 g/mol. The van der Waals surface area contributed by atoms with E-state index in [1.165, 1.54) is 6.20 Å². The molecule has 0 radical (unpaired) electrons. The highest BCUT2D eigenvalue weighted by atomic mass is 79.9. The molecule has 7 nitrogen and oxygen atoms in total. The maximum atomic E-state index is 13.1. The van der Waals surface area contributed by atoms with Gasteiger partial charge in [0.05, 0.1) is 26.9 Å². The number of alkyl halides is 3. The number of para-hydroxylation sites is 1. The molecule has 11 heteroatoms. The van der Waals surface area contributed by atoms with Crippen molar-refractivity contribution in [3.63, 3.8) is 0 Å². The lowest BCUT2D eigenvalue weighted by atomic mass is 10.1. The predicted octanol–water partition coefficient (Wildman–Crippen LogP) is 4.72. The number of amides is 1. The quantitative estimate of drug-likeness (QED) is 0.403. The van der Waals surface area contributed by atoms with Gasteiger partial charge in [-0.05, 0) is 53.0 Å². The van der Waals surface area contributed by atoms with Crippen LogP contribution in [0.25, 0.3) is 33.4 Å². The summed E-state index contributed by atoms with van der Waals surface area (Å²) in [6, 6.07) is 12.6. The molecule has 4 aromatic rings. The van der Waals surface area contributed by atoms with E-state index in [1.807, 2.05) is 30.3 Å². The summed E-state index contributed by atoms with van der Waals surface area (Å²) in [7, 11) is 0. The van der Waals surface area contributed by atoms with E-state index in [4.69, 9.17) is 4.84 Å². The average Bonchev–Trinajstić information content (AvgIpc) is 2.97. The second kappa shape index (κ2) is 8.81. The van der Waals surface area contributed by atoms with Gasteiger partial charge in [0.15, 0.2) is 0 Å². The van der Waals surface area contributed by atoms with E-state index in [0.717, 1.165) is 15.6 Å². The molecule has 5 rings (SSSR count). The van der Waals surface area contributed by atoms with Crippen LogP contribution in [0.3, 0.4) is 0 Å². The first-order valence-electron chi connectivity index (χ1n) is 10.6. The minimum atomic E-state index is -5.21. The SMILES string of the molecule is O=C1NCCCc2c1c(Br)c(-c1ccnc(-c3cnc4ccccc4c3)c1)n2OC(=O)C(F)(F)F. The zero-order valence-corrected chi connectivity index (χ0v) is 19.5. The van der Waals surface area contributed by atoms with Crippen LogP contribution < -0.4 is 10.2 Å². The van der Waals surface area contributed by atoms with Crippen molar-refractivity contribution in [2.75, 3.05) is 6.54 Å². The summed E-state index contributed by atoms with van der Waals surface area (Å²) in [6.07, 6.45) is -1.39. The van der Waals surface area contributed by atoms with Crippen molar-refractivity contribution >= 4 is 38.7 Å². The fraction of sp³-hybridized carbons (Fsp3) is 0.167. The Morgan fingerprint density at radius 3 is 2.71 bits per heavy atom. The summed E-state index contributed by atoms with van der Waals surface area (Å²) in [5.41, 5.74) is 2.78. The Bertz CT molecular complexity index is 1480. The summed E-state index contributed by atoms with van der Waals surface area (Å²) in [4.78, 5) is 38.1. The summed E-state index contributed by atoms with van der Waals surface area (Å²) in [5.74, 6) is -2.86. The molecule has 1 aliphatic heterocycles. The van der Waals surface area contributed by atoms with Crippen LogP contribution in [0.2, 0.25) is 0 Å². The van der Waals surface area contributed by atoms with Crippen molar-refractivity contribution < 1.29 is 27.6 Å². The number of halogens is 4. The molecule has 1 N–H and O–H groups in total. The standard InChI is InChI=1S/C24H16BrF3N4O3/c25-20-19-18(6-3-8-30-22(19)33)32(35-23(34)24(26,27)28)21(20)14-7-9-29-17(11-14)15-10-13-4-1-2-5-16(13)31-12-15/h1-2,4-5,7,9-12H,3,6,8H2,(H,30,33). The normalized spacial score (nSPS) is 13.8. The summed E-state index contributed by atoms with van der Waals surface area (Å²) < 4.78 is 40.3. The first-order valence-corrected chi connectivity index (χ1v) is 11.4. The van der Waals surface area contributed by atoms with Gasteiger partial charge in [-0.3, -0.25) is 14.8 Å². The van der Waals surface area contributed by atoms with Gasteiger partial charge in [-0.15, -0.1) is 0 Å². The second-order valence-corrected chi connectivity index (χ2v) is 8.65. The highest BCUT2D eigenvalue weighted by molar-refractivity contribution is 9.10. The molecular weight excluding hydrogens is 529 g/mol. The fourth-order valence-electron chi connectivity index (χ4n) is 4.00. The average molecular weight is 545 g/mol. The highest BCUT2D eigenvalue weighted by Crippen LogP contribution is 2.38. The second-order valence-electron chi connectivity index (χ2n) is 7.86. The Labute approximate surface area is 205 Å². The number of carbonyl (C=O) groups excluding carboxylic acids is 2. The highest BCUT2D eigenvalue weighted by Gasteiger charge is 2.43. The molecular formula is C24H16BrF3N4O3. The van der Waals surface area contributed by atoms with Gasteiger partial charge in [0.25, 0.3) is 5.91 Å². The van der Waals surface area contributed by atoms with Gasteiger partial charge in [-0.2, -0.15) is 17.9 Å². The molecule has 0 spiro atoms. The number of pyridine rings is 2. The number of hydrogen-bond donors (Lipinski definition) is 1. The molecule has 0 saturated heterocycles. The third kappa shape index (κ3) is 4.27. The Hall–Kier alpha value is -3.73. The van der Waals surface area contributed by atoms with Gasteiger partial charge in [0.1, 0.15) is 5.69 Å². The molecule has 1 aromatic carbocycles. The van der Waals surface area contributed by atoms with E-state index in [0.29, 0.717) is 29.8 Å². The molecule has 4 heterocycles. The molecule has 3 aromatic heterocycles. The van der Waals surface area contributed by atoms with Crippen LogP contribution in [-0.4, -0.2) is 39.3 Å². The van der Waals surface area contributed by atoms with E-state index in [2.05, 4.69) is 31.2 Å². The van der Waals surface area contributed by atoms with Gasteiger partial charge in [0.2, 0.25) is 0 Å². The third-order valence-electron chi connectivity index (χ3n) is 5.59. The summed E-state index contributed by atoms with van der Waals surface area (Å²) in [6.45, 7) is 0.344. The predicted molar refractivity (Wildman–Crippen MR) is 124 cm³/mol. The zero-order chi connectivity index (χ0) is 24.7. The Morgan fingerprint density at radius 1 is 1.11 bits per heavy atom. The number of carbonyl (C=O) groups is 2. The number of nitrogens with zero attached hydrogens (tertiary/aromatic N) is 3. The van der Waals surface area contributed by atoms with Crippen LogP contribution in [0.4, 0.5) is 13.2 Å². The molecule has 0 fully saturated rings. The Kier molecular flexibility index (Phi) is 5.79. The number of fused-ring (bicyclic) bond motifs is 2. The van der Waals surface area contributed by atoms with Gasteiger partial charge >= 0.3 is 12.1 Å². The Morgan fingerprint density at radius 2 is 1.91 bits per heavy atom. The van der Waals surface area contributed by atoms with E-state index in [9.17, 15) is 22.8 Å². The fourth-order valence-corrected chi connectivity index (χ4v) is 4.80. The minimum Gasteiger partial charge on any atom is -0.352 e. The van der Waals surface area contributed by atoms with E-state index < -0.39 is 18.1 Å². The molecule has 1 aliphatic rings. The summed E-state index contributed by atoms with van der Waals surface area (Å²) in [5, 5.41) is 3.60. The Balaban J connectivity index is 1.67. The molecule has 0 aliphatic carbocycles. The third-order valence-corrected chi connectivity index (χ3v) is 6.36. The molecule has 35 heavy (non-hydrogen) atoms. The number of rotatable bonds is 3. The minimum absolute atomic E-state index is 0.0991. The maximum absolute atomic E-state index is 13.1. The van der Waals surface area contributed by atoms with Crippen molar-refractivity contribution in [2.24, 2.45) is 0 Å². The molecule has 0 atom stereocenters. The van der Waals surface area contributed by atoms with Crippen molar-refractivity contribution in [3.05, 3.63) is 70.6 Å². The van der Waals surface area contributed by atoms with Crippen molar-refractivity contribution in [1.29, 1.82) is 0 Å². The van der Waals surface area contributed by atoms with E-state index in [-0.39, 0.29) is 27.8 Å². The van der Waals surface area contributed by atoms with Crippen LogP contribution in [0.15, 0.2) is 59.3 Å². The molecule has 0 bridgehead atoms. The van der Waals surface area contributed by atoms with Crippen LogP contribution in [0.1, 0.15) is 22.5 Å². The smallest absolute Gasteiger partial charge is 0.352 e. The lowest BCUT2D eigenvalue weighted by Gasteiger charge is -2.14. The molecule has 0 saturated carbocycles. The number of aromatic nitrogens is 3. The van der Waals surface area contributed by atoms with Crippen LogP contribution in [0.5, 0.6) is 0 Å². The van der Waals surface area contributed by atoms with Crippen LogP contribution >= 0.6 is 15.9 Å². The molecule has 0 unspecified atom stereocenters. The van der Waals surface area contributed by atoms with Crippen molar-refractivity contribution in [1.82, 2.24) is 20.0 Å². The largest absolute Gasteiger partial charge is 0.493 e. The lowest BCUT2D eigenvalue weighted by molar-refractivity contribution is -0.199. The van der Waals surface area contributed by atoms with Crippen molar-refractivity contribution in [3.8, 4) is 22.5 Å². The molecule has 1 amide bonds. The number of nitrogens with one attached hydrogen (secondary N) is 1. The van der Waals surface area contributed by atoms with Crippen LogP contribution in [0, 0.1) is 0 Å². The topological polar surface area (TPSA) is 86.1 Å². The first kappa shape index (κ1) is 23.0. The number of benzene rings is 1. The first-order chi connectivity index (χ1) is 16.7. The van der Waals surface area contributed by atoms with Gasteiger partial charge in [-0.1, -0.05) is 18.2 Å². The van der Waals surface area contributed by atoms with E-state index >= 15 is 0 Å². The zero-order valence-electron chi connectivity index (χ0n) is 17.9. The van der Waals surface area contributed by atoms with Gasteiger partial charge < -0.3 is 10.2 Å². The van der Waals surface area contributed by atoms with Gasteiger partial charge in [-0.25, -0.2) is 4.79 Å².